The van der Waals surface area contributed by atoms with Crippen molar-refractivity contribution in [2.45, 2.75) is 43.1 Å². The van der Waals surface area contributed by atoms with Crippen LogP contribution in [-0.4, -0.2) is 37.0 Å². The van der Waals surface area contributed by atoms with E-state index in [1.54, 1.807) is 7.11 Å². The summed E-state index contributed by atoms with van der Waals surface area (Å²) in [5.74, 6) is 1.28. The second-order valence-electron chi connectivity index (χ2n) is 7.91. The van der Waals surface area contributed by atoms with Crippen molar-refractivity contribution < 1.29 is 9.53 Å². The first-order valence-electron chi connectivity index (χ1n) is 9.88. The first kappa shape index (κ1) is 18.1. The Morgan fingerprint density at radius 1 is 1.04 bits per heavy atom. The van der Waals surface area contributed by atoms with Crippen molar-refractivity contribution in [3.63, 3.8) is 0 Å². The van der Waals surface area contributed by atoms with E-state index in [1.807, 2.05) is 35.2 Å². The molecule has 4 heteroatoms. The van der Waals surface area contributed by atoms with Gasteiger partial charge in [0.25, 0.3) is 0 Å². The van der Waals surface area contributed by atoms with Gasteiger partial charge in [0.1, 0.15) is 5.75 Å². The third kappa shape index (κ3) is 3.23. The Labute approximate surface area is 161 Å². The molecular formula is C23H28N2O2. The van der Waals surface area contributed by atoms with Crippen molar-refractivity contribution in [3.05, 3.63) is 65.7 Å². The number of benzene rings is 2. The van der Waals surface area contributed by atoms with Gasteiger partial charge >= 0.3 is 0 Å². The summed E-state index contributed by atoms with van der Waals surface area (Å²) >= 11 is 0. The molecular weight excluding hydrogens is 336 g/mol. The van der Waals surface area contributed by atoms with Gasteiger partial charge in [0.2, 0.25) is 5.91 Å². The Morgan fingerprint density at radius 3 is 2.33 bits per heavy atom. The first-order chi connectivity index (χ1) is 13.1. The fraction of sp³-hybridized carbons (Fsp3) is 0.435. The van der Waals surface area contributed by atoms with Crippen LogP contribution in [0.15, 0.2) is 54.6 Å². The molecule has 1 aliphatic carbocycles. The van der Waals surface area contributed by atoms with E-state index in [0.717, 1.165) is 37.0 Å². The number of methoxy groups -OCH3 is 1. The predicted octanol–water partition coefficient (Wildman–Crippen LogP) is 3.46. The Bertz CT molecular complexity index is 782. The lowest BCUT2D eigenvalue weighted by Gasteiger charge is -2.33. The number of carbonyl (C=O) groups is 1. The Kier molecular flexibility index (Phi) is 4.92. The maximum absolute atomic E-state index is 13.6. The van der Waals surface area contributed by atoms with Gasteiger partial charge in [-0.2, -0.15) is 0 Å². The maximum Gasteiger partial charge on any atom is 0.233 e. The van der Waals surface area contributed by atoms with Crippen molar-refractivity contribution in [2.24, 2.45) is 5.73 Å². The summed E-state index contributed by atoms with van der Waals surface area (Å²) in [6.45, 7) is 1.32. The fourth-order valence-corrected chi connectivity index (χ4v) is 4.86. The van der Waals surface area contributed by atoms with Crippen LogP contribution in [0.2, 0.25) is 0 Å². The second-order valence-corrected chi connectivity index (χ2v) is 7.91. The molecule has 2 aromatic rings. The minimum Gasteiger partial charge on any atom is -0.497 e. The second kappa shape index (κ2) is 7.35. The number of hydrogen-bond donors (Lipinski definition) is 1. The van der Waals surface area contributed by atoms with Crippen LogP contribution in [0.3, 0.4) is 0 Å². The van der Waals surface area contributed by atoms with Crippen LogP contribution in [0.1, 0.15) is 42.7 Å². The van der Waals surface area contributed by atoms with Crippen molar-refractivity contribution in [2.75, 3.05) is 20.2 Å². The third-order valence-corrected chi connectivity index (χ3v) is 6.39. The van der Waals surface area contributed by atoms with E-state index >= 15 is 0 Å². The standard InChI is InChI=1S/C23H28N2O2/c1-27-19-11-9-17(10-12-19)20-15-25(16-21(20)24)22(26)23(13-5-6-14-23)18-7-3-2-4-8-18/h2-4,7-12,20-21H,5-6,13-16,24H2,1H3/t20-,21+/m0/s1. The Hall–Kier alpha value is -2.33. The minimum atomic E-state index is -0.365. The molecule has 0 unspecified atom stereocenters. The molecule has 1 aliphatic heterocycles. The van der Waals surface area contributed by atoms with E-state index in [2.05, 4.69) is 24.3 Å². The van der Waals surface area contributed by atoms with Crippen LogP contribution in [0.5, 0.6) is 5.75 Å². The van der Waals surface area contributed by atoms with Crippen LogP contribution >= 0.6 is 0 Å². The molecule has 0 bridgehead atoms. The number of nitrogens with two attached hydrogens (primary N) is 1. The van der Waals surface area contributed by atoms with E-state index < -0.39 is 0 Å². The van der Waals surface area contributed by atoms with Crippen LogP contribution in [0.4, 0.5) is 0 Å². The summed E-state index contributed by atoms with van der Waals surface area (Å²) < 4.78 is 5.25. The number of hydrogen-bond acceptors (Lipinski definition) is 3. The zero-order chi connectivity index (χ0) is 18.9. The molecule has 2 fully saturated rings. The average molecular weight is 364 g/mol. The molecule has 1 saturated carbocycles. The molecule has 2 N–H and O–H groups in total. The molecule has 4 nitrogen and oxygen atoms in total. The number of rotatable bonds is 4. The summed E-state index contributed by atoms with van der Waals surface area (Å²) in [7, 11) is 1.67. The van der Waals surface area contributed by atoms with Crippen molar-refractivity contribution in [3.8, 4) is 5.75 Å². The lowest BCUT2D eigenvalue weighted by molar-refractivity contribution is -0.136. The largest absolute Gasteiger partial charge is 0.497 e. The molecule has 0 aromatic heterocycles. The average Bonchev–Trinajstić information content (AvgIpc) is 3.36. The van der Waals surface area contributed by atoms with E-state index in [9.17, 15) is 4.79 Å². The Balaban J connectivity index is 1.57. The van der Waals surface area contributed by atoms with Crippen LogP contribution in [-0.2, 0) is 10.2 Å². The molecule has 0 radical (unpaired) electrons. The fourth-order valence-electron chi connectivity index (χ4n) is 4.86. The van der Waals surface area contributed by atoms with Crippen molar-refractivity contribution in [1.82, 2.24) is 4.90 Å². The molecule has 1 heterocycles. The molecule has 2 aromatic carbocycles. The SMILES string of the molecule is COc1ccc([C@@H]2CN(C(=O)C3(c4ccccc4)CCCC3)C[C@H]2N)cc1. The highest BCUT2D eigenvalue weighted by molar-refractivity contribution is 5.89. The minimum absolute atomic E-state index is 0.0310. The summed E-state index contributed by atoms with van der Waals surface area (Å²) in [5.41, 5.74) is 8.44. The highest BCUT2D eigenvalue weighted by Crippen LogP contribution is 2.43. The van der Waals surface area contributed by atoms with Gasteiger partial charge in [0.05, 0.1) is 12.5 Å². The molecule has 142 valence electrons. The normalized spacial score (nSPS) is 24.1. The van der Waals surface area contributed by atoms with Gasteiger partial charge in [0.15, 0.2) is 0 Å². The number of nitrogens with zero attached hydrogens (tertiary/aromatic N) is 1. The highest BCUT2D eigenvalue weighted by atomic mass is 16.5. The van der Waals surface area contributed by atoms with Crippen molar-refractivity contribution >= 4 is 5.91 Å². The molecule has 0 spiro atoms. The quantitative estimate of drug-likeness (QED) is 0.904. The summed E-state index contributed by atoms with van der Waals surface area (Å²) in [5, 5.41) is 0. The van der Waals surface area contributed by atoms with Crippen molar-refractivity contribution in [1.29, 1.82) is 0 Å². The zero-order valence-corrected chi connectivity index (χ0v) is 15.9. The lowest BCUT2D eigenvalue weighted by Crippen LogP contribution is -2.45. The van der Waals surface area contributed by atoms with Gasteiger partial charge in [-0.25, -0.2) is 0 Å². The van der Waals surface area contributed by atoms with Gasteiger partial charge in [-0.3, -0.25) is 4.79 Å². The topological polar surface area (TPSA) is 55.6 Å². The monoisotopic (exact) mass is 364 g/mol. The van der Waals surface area contributed by atoms with Gasteiger partial charge in [-0.15, -0.1) is 0 Å². The molecule has 1 saturated heterocycles. The number of carbonyl (C=O) groups excluding carboxylic acids is 1. The van der Waals surface area contributed by atoms with E-state index in [4.69, 9.17) is 10.5 Å². The van der Waals surface area contributed by atoms with Crippen LogP contribution in [0, 0.1) is 0 Å². The molecule has 2 aliphatic rings. The maximum atomic E-state index is 13.6. The summed E-state index contributed by atoms with van der Waals surface area (Å²) in [6.07, 6.45) is 4.11. The van der Waals surface area contributed by atoms with E-state index in [1.165, 1.54) is 5.56 Å². The smallest absolute Gasteiger partial charge is 0.233 e. The summed E-state index contributed by atoms with van der Waals surface area (Å²) in [4.78, 5) is 15.7. The van der Waals surface area contributed by atoms with Gasteiger partial charge < -0.3 is 15.4 Å². The van der Waals surface area contributed by atoms with E-state index in [-0.39, 0.29) is 23.3 Å². The third-order valence-electron chi connectivity index (χ3n) is 6.39. The van der Waals surface area contributed by atoms with Gasteiger partial charge in [-0.05, 0) is 36.1 Å². The number of amides is 1. The number of ether oxygens (including phenoxy) is 1. The molecule has 27 heavy (non-hydrogen) atoms. The van der Waals surface area contributed by atoms with Crippen LogP contribution in [0.25, 0.3) is 0 Å². The lowest BCUT2D eigenvalue weighted by atomic mass is 9.77. The predicted molar refractivity (Wildman–Crippen MR) is 107 cm³/mol. The van der Waals surface area contributed by atoms with Gasteiger partial charge in [-0.1, -0.05) is 55.3 Å². The summed E-state index contributed by atoms with van der Waals surface area (Å²) in [6, 6.07) is 18.4. The van der Waals surface area contributed by atoms with Gasteiger partial charge in [0, 0.05) is 25.0 Å². The molecule has 1 amide bonds. The highest BCUT2D eigenvalue weighted by Gasteiger charge is 2.47. The molecule has 2 atom stereocenters. The number of likely N-dealkylation sites (tertiary alicyclic amines) is 1. The van der Waals surface area contributed by atoms with Crippen LogP contribution < -0.4 is 10.5 Å². The first-order valence-corrected chi connectivity index (χ1v) is 9.88. The Morgan fingerprint density at radius 2 is 1.70 bits per heavy atom. The van der Waals surface area contributed by atoms with E-state index in [0.29, 0.717) is 13.1 Å². The molecule has 4 rings (SSSR count). The zero-order valence-electron chi connectivity index (χ0n) is 15.9.